The minimum Gasteiger partial charge on any atom is -0.496 e. The molecule has 0 aliphatic carbocycles. The molecule has 0 saturated carbocycles. The molecule has 2 aromatic rings. The van der Waals surface area contributed by atoms with E-state index in [1.54, 1.807) is 18.0 Å². The smallest absolute Gasteiger partial charge is 0.320 e. The Bertz CT molecular complexity index is 624. The molecule has 1 unspecified atom stereocenters. The first-order chi connectivity index (χ1) is 9.51. The highest BCUT2D eigenvalue weighted by Crippen LogP contribution is 2.20. The van der Waals surface area contributed by atoms with Gasteiger partial charge in [0, 0.05) is 6.42 Å². The van der Waals surface area contributed by atoms with E-state index in [4.69, 9.17) is 15.6 Å². The highest BCUT2D eigenvalue weighted by Gasteiger charge is 2.14. The molecule has 20 heavy (non-hydrogen) atoms. The molecule has 2 rings (SSSR count). The zero-order chi connectivity index (χ0) is 14.7. The molecule has 1 heterocycles. The summed E-state index contributed by atoms with van der Waals surface area (Å²) in [6, 6.07) is 4.63. The predicted molar refractivity (Wildman–Crippen MR) is 72.0 cm³/mol. The van der Waals surface area contributed by atoms with Crippen molar-refractivity contribution in [3.63, 3.8) is 0 Å². The maximum atomic E-state index is 10.7. The van der Waals surface area contributed by atoms with Crippen molar-refractivity contribution in [2.24, 2.45) is 5.73 Å². The van der Waals surface area contributed by atoms with Crippen molar-refractivity contribution >= 4 is 5.97 Å². The molecule has 0 spiro atoms. The Morgan fingerprint density at radius 2 is 2.30 bits per heavy atom. The number of aryl methyl sites for hydroxylation is 1. The van der Waals surface area contributed by atoms with Crippen molar-refractivity contribution in [3.8, 4) is 11.4 Å². The van der Waals surface area contributed by atoms with Gasteiger partial charge in [-0.05, 0) is 30.7 Å². The van der Waals surface area contributed by atoms with Crippen LogP contribution in [0.1, 0.15) is 11.3 Å². The number of rotatable bonds is 5. The van der Waals surface area contributed by atoms with Crippen LogP contribution in [0.25, 0.3) is 5.69 Å². The van der Waals surface area contributed by atoms with E-state index in [-0.39, 0.29) is 6.42 Å². The van der Waals surface area contributed by atoms with Gasteiger partial charge in [0.25, 0.3) is 0 Å². The van der Waals surface area contributed by atoms with Crippen LogP contribution in [0.4, 0.5) is 0 Å². The number of hydrogen-bond donors (Lipinski definition) is 2. The highest BCUT2D eigenvalue weighted by atomic mass is 16.5. The second kappa shape index (κ2) is 5.70. The van der Waals surface area contributed by atoms with Gasteiger partial charge in [-0.3, -0.25) is 4.79 Å². The molecule has 7 nitrogen and oxygen atoms in total. The first kappa shape index (κ1) is 14.0. The van der Waals surface area contributed by atoms with Gasteiger partial charge in [-0.15, -0.1) is 5.10 Å². The molecule has 3 N–H and O–H groups in total. The summed E-state index contributed by atoms with van der Waals surface area (Å²) in [7, 11) is 1.61. The normalized spacial score (nSPS) is 12.2. The fraction of sp³-hybridized carbons (Fsp3) is 0.308. The summed E-state index contributed by atoms with van der Waals surface area (Å²) in [4.78, 5) is 10.7. The van der Waals surface area contributed by atoms with E-state index in [0.717, 1.165) is 17.0 Å². The fourth-order valence-corrected chi connectivity index (χ4v) is 1.84. The number of ether oxygens (including phenoxy) is 1. The van der Waals surface area contributed by atoms with E-state index in [1.807, 2.05) is 25.1 Å². The number of aromatic nitrogens is 3. The summed E-state index contributed by atoms with van der Waals surface area (Å²) in [6.07, 6.45) is 1.81. The van der Waals surface area contributed by atoms with Crippen LogP contribution in [0.5, 0.6) is 5.75 Å². The lowest BCUT2D eigenvalue weighted by Crippen LogP contribution is -2.32. The quantitative estimate of drug-likeness (QED) is 0.826. The average molecular weight is 276 g/mol. The maximum Gasteiger partial charge on any atom is 0.320 e. The molecule has 0 amide bonds. The molecule has 0 saturated heterocycles. The van der Waals surface area contributed by atoms with Gasteiger partial charge in [-0.1, -0.05) is 5.21 Å². The Balaban J connectivity index is 2.20. The first-order valence-corrected chi connectivity index (χ1v) is 6.06. The fourth-order valence-electron chi connectivity index (χ4n) is 1.84. The lowest BCUT2D eigenvalue weighted by molar-refractivity contribution is -0.138. The van der Waals surface area contributed by atoms with Crippen LogP contribution in [-0.4, -0.2) is 39.2 Å². The Kier molecular flexibility index (Phi) is 3.99. The molecule has 106 valence electrons. The Morgan fingerprint density at radius 1 is 1.55 bits per heavy atom. The van der Waals surface area contributed by atoms with Gasteiger partial charge in [0.1, 0.15) is 11.8 Å². The number of carboxylic acids is 1. The topological polar surface area (TPSA) is 103 Å². The number of nitrogens with zero attached hydrogens (tertiary/aromatic N) is 3. The van der Waals surface area contributed by atoms with Gasteiger partial charge in [0.2, 0.25) is 0 Å². The van der Waals surface area contributed by atoms with Crippen LogP contribution >= 0.6 is 0 Å². The summed E-state index contributed by atoms with van der Waals surface area (Å²) >= 11 is 0. The molecule has 0 aliphatic rings. The molecular weight excluding hydrogens is 260 g/mol. The summed E-state index contributed by atoms with van der Waals surface area (Å²) < 4.78 is 6.77. The third kappa shape index (κ3) is 2.94. The average Bonchev–Trinajstić information content (AvgIpc) is 2.87. The van der Waals surface area contributed by atoms with Gasteiger partial charge in [-0.25, -0.2) is 4.68 Å². The van der Waals surface area contributed by atoms with Gasteiger partial charge < -0.3 is 15.6 Å². The summed E-state index contributed by atoms with van der Waals surface area (Å²) in [5.74, 6) is -0.262. The van der Waals surface area contributed by atoms with Crippen LogP contribution in [-0.2, 0) is 11.2 Å². The van der Waals surface area contributed by atoms with Crippen LogP contribution in [0.3, 0.4) is 0 Å². The van der Waals surface area contributed by atoms with E-state index in [9.17, 15) is 4.79 Å². The minimum absolute atomic E-state index is 0.143. The number of hydrogen-bond acceptors (Lipinski definition) is 5. The monoisotopic (exact) mass is 276 g/mol. The van der Waals surface area contributed by atoms with Gasteiger partial charge >= 0.3 is 5.97 Å². The number of aliphatic carboxylic acids is 1. The summed E-state index contributed by atoms with van der Waals surface area (Å²) in [5, 5.41) is 16.7. The molecule has 7 heteroatoms. The second-order valence-electron chi connectivity index (χ2n) is 4.46. The molecule has 1 atom stereocenters. The zero-order valence-corrected chi connectivity index (χ0v) is 11.3. The van der Waals surface area contributed by atoms with Crippen molar-refractivity contribution in [2.75, 3.05) is 7.11 Å². The van der Waals surface area contributed by atoms with Crippen molar-refractivity contribution in [1.29, 1.82) is 0 Å². The number of nitrogens with two attached hydrogens (primary N) is 1. The SMILES string of the molecule is COc1ccc(-n2cc(CC(N)C(=O)O)nn2)cc1C. The molecule has 0 radical (unpaired) electrons. The number of methoxy groups -OCH3 is 1. The Morgan fingerprint density at radius 3 is 2.90 bits per heavy atom. The van der Waals surface area contributed by atoms with E-state index in [1.165, 1.54) is 0 Å². The lowest BCUT2D eigenvalue weighted by atomic mass is 10.2. The second-order valence-corrected chi connectivity index (χ2v) is 4.46. The summed E-state index contributed by atoms with van der Waals surface area (Å²) in [6.45, 7) is 1.93. The van der Waals surface area contributed by atoms with E-state index in [0.29, 0.717) is 5.69 Å². The molecule has 0 aliphatic heterocycles. The molecular formula is C13H16N4O3. The van der Waals surface area contributed by atoms with Crippen molar-refractivity contribution in [3.05, 3.63) is 35.7 Å². The minimum atomic E-state index is -1.06. The third-order valence-electron chi connectivity index (χ3n) is 2.93. The molecule has 0 fully saturated rings. The largest absolute Gasteiger partial charge is 0.496 e. The van der Waals surface area contributed by atoms with Gasteiger partial charge in [0.15, 0.2) is 0 Å². The maximum absolute atomic E-state index is 10.7. The van der Waals surface area contributed by atoms with E-state index >= 15 is 0 Å². The molecule has 1 aromatic carbocycles. The van der Waals surface area contributed by atoms with Crippen molar-refractivity contribution < 1.29 is 14.6 Å². The van der Waals surface area contributed by atoms with Crippen LogP contribution in [0.2, 0.25) is 0 Å². The first-order valence-electron chi connectivity index (χ1n) is 6.06. The standard InChI is InChI=1S/C13H16N4O3/c1-8-5-10(3-4-12(8)20-2)17-7-9(15-16-17)6-11(14)13(18)19/h3-5,7,11H,6,14H2,1-2H3,(H,18,19). The van der Waals surface area contributed by atoms with Crippen LogP contribution < -0.4 is 10.5 Å². The molecule has 1 aromatic heterocycles. The van der Waals surface area contributed by atoms with Crippen molar-refractivity contribution in [1.82, 2.24) is 15.0 Å². The predicted octanol–water partition coefficient (Wildman–Crippen LogP) is 0.539. The zero-order valence-electron chi connectivity index (χ0n) is 11.3. The van der Waals surface area contributed by atoms with Gasteiger partial charge in [0.05, 0.1) is 24.7 Å². The summed E-state index contributed by atoms with van der Waals surface area (Å²) in [5.41, 5.74) is 7.80. The number of carbonyl (C=O) groups is 1. The Hall–Kier alpha value is -2.41. The van der Waals surface area contributed by atoms with E-state index in [2.05, 4.69) is 10.3 Å². The van der Waals surface area contributed by atoms with E-state index < -0.39 is 12.0 Å². The van der Waals surface area contributed by atoms with Crippen molar-refractivity contribution in [2.45, 2.75) is 19.4 Å². The number of carboxylic acid groups (broad SMARTS) is 1. The molecule has 0 bridgehead atoms. The Labute approximate surface area is 116 Å². The third-order valence-corrected chi connectivity index (χ3v) is 2.93. The number of benzene rings is 1. The van der Waals surface area contributed by atoms with Crippen LogP contribution in [0, 0.1) is 6.92 Å². The van der Waals surface area contributed by atoms with Gasteiger partial charge in [-0.2, -0.15) is 0 Å². The highest BCUT2D eigenvalue weighted by molar-refractivity contribution is 5.73. The van der Waals surface area contributed by atoms with Crippen LogP contribution in [0.15, 0.2) is 24.4 Å². The lowest BCUT2D eigenvalue weighted by Gasteiger charge is -2.06.